The van der Waals surface area contributed by atoms with E-state index in [0.29, 0.717) is 24.3 Å². The van der Waals surface area contributed by atoms with Gasteiger partial charge in [0.25, 0.3) is 0 Å². The minimum absolute atomic E-state index is 0.0296. The van der Waals surface area contributed by atoms with Crippen molar-refractivity contribution in [3.8, 4) is 0 Å². The monoisotopic (exact) mass is 490 g/mol. The molecule has 188 valence electrons. The molecule has 3 unspecified atom stereocenters. The van der Waals surface area contributed by atoms with E-state index in [-0.39, 0.29) is 29.6 Å². The summed E-state index contributed by atoms with van der Waals surface area (Å²) in [5, 5.41) is 19.2. The van der Waals surface area contributed by atoms with E-state index in [2.05, 4.69) is 15.3 Å². The molecule has 1 aromatic rings. The third-order valence-corrected chi connectivity index (χ3v) is 6.18. The molecule has 0 aromatic heterocycles. The fourth-order valence-electron chi connectivity index (χ4n) is 4.82. The third kappa shape index (κ3) is 6.05. The standard InChI is InChI=1S/C25H30F3N5O2/c1-14-9-17-12-16(24(31-29)32-30-4)6-7-18(17)23(33(14)13-25(2,3)28)22-19(26)10-15(11-20(22)27)5-8-21(34)35/h5-8,10-11,14,16,23H,9,12-13,29H2,1-4H3,(H,34,35)/p+1/b8-5+,31-24?,32-30?. The smallest absolute Gasteiger partial charge is 0.348 e. The van der Waals surface area contributed by atoms with Crippen molar-refractivity contribution < 1.29 is 28.2 Å². The largest absolute Gasteiger partial charge is 0.478 e. The summed E-state index contributed by atoms with van der Waals surface area (Å²) in [5.74, 6) is 3.02. The normalized spacial score (nSPS) is 24.0. The Bertz CT molecular complexity index is 1110. The predicted octanol–water partition coefficient (Wildman–Crippen LogP) is 3.25. The van der Waals surface area contributed by atoms with Gasteiger partial charge in [-0.15, -0.1) is 0 Å². The molecule has 0 spiro atoms. The van der Waals surface area contributed by atoms with E-state index >= 15 is 8.78 Å². The molecule has 2 aliphatic rings. The second kappa shape index (κ2) is 10.6. The fraction of sp³-hybridized carbons (Fsp3) is 0.440. The van der Waals surface area contributed by atoms with Gasteiger partial charge in [-0.2, -0.15) is 5.10 Å². The molecule has 1 aliphatic heterocycles. The van der Waals surface area contributed by atoms with Crippen LogP contribution in [0.4, 0.5) is 13.2 Å². The SMILES string of the molecule is CN=NC(=[NH+]N)C1C=CC2=C(C1)CC(C)N(CC(C)(C)F)C2c1c(F)cc(/C=C/C(=O)O)cc1F. The summed E-state index contributed by atoms with van der Waals surface area (Å²) in [6, 6.07) is 1.13. The van der Waals surface area contributed by atoms with Crippen LogP contribution < -0.4 is 10.9 Å². The molecule has 3 rings (SSSR count). The number of carboxylic acid groups (broad SMARTS) is 1. The van der Waals surface area contributed by atoms with Crippen molar-refractivity contribution in [2.45, 2.75) is 51.4 Å². The summed E-state index contributed by atoms with van der Waals surface area (Å²) < 4.78 is 45.7. The maximum absolute atomic E-state index is 15.4. The fourth-order valence-corrected chi connectivity index (χ4v) is 4.82. The zero-order valence-electron chi connectivity index (χ0n) is 20.2. The maximum atomic E-state index is 15.4. The van der Waals surface area contributed by atoms with Gasteiger partial charge >= 0.3 is 11.8 Å². The number of hydrogen-bond acceptors (Lipinski definition) is 4. The highest BCUT2D eigenvalue weighted by Crippen LogP contribution is 2.46. The Morgan fingerprint density at radius 3 is 2.51 bits per heavy atom. The van der Waals surface area contributed by atoms with E-state index in [1.54, 1.807) is 11.0 Å². The number of rotatable bonds is 6. The molecule has 0 amide bonds. The van der Waals surface area contributed by atoms with Crippen LogP contribution in [-0.4, -0.2) is 47.1 Å². The second-order valence-electron chi connectivity index (χ2n) is 9.47. The summed E-state index contributed by atoms with van der Waals surface area (Å²) in [6.45, 7) is 4.75. The lowest BCUT2D eigenvalue weighted by atomic mass is 9.77. The number of hydrogen-bond donors (Lipinski definition) is 3. The highest BCUT2D eigenvalue weighted by molar-refractivity contribution is 5.85. The number of nitrogens with two attached hydrogens (primary N) is 1. The first-order chi connectivity index (χ1) is 16.4. The molecule has 0 bridgehead atoms. The van der Waals surface area contributed by atoms with Gasteiger partial charge in [-0.25, -0.2) is 18.0 Å². The minimum Gasteiger partial charge on any atom is -0.478 e. The van der Waals surface area contributed by atoms with Gasteiger partial charge in [0.15, 0.2) is 0 Å². The van der Waals surface area contributed by atoms with Crippen LogP contribution in [0.25, 0.3) is 6.08 Å². The van der Waals surface area contributed by atoms with Crippen molar-refractivity contribution >= 4 is 17.9 Å². The molecular weight excluding hydrogens is 459 g/mol. The minimum atomic E-state index is -1.60. The van der Waals surface area contributed by atoms with Crippen molar-refractivity contribution in [1.82, 2.24) is 4.90 Å². The summed E-state index contributed by atoms with van der Waals surface area (Å²) in [7, 11) is 1.53. The number of nitrogens with one attached hydrogen (secondary N) is 1. The van der Waals surface area contributed by atoms with Crippen LogP contribution in [0.1, 0.15) is 50.8 Å². The van der Waals surface area contributed by atoms with Crippen LogP contribution in [0.2, 0.25) is 0 Å². The highest BCUT2D eigenvalue weighted by Gasteiger charge is 2.41. The molecule has 7 nitrogen and oxygen atoms in total. The van der Waals surface area contributed by atoms with Crippen LogP contribution in [0.5, 0.6) is 0 Å². The lowest BCUT2D eigenvalue weighted by Crippen LogP contribution is -2.81. The van der Waals surface area contributed by atoms with Gasteiger partial charge in [0.1, 0.15) is 17.3 Å². The molecular formula is C25H31F3N5O2+. The number of hydrazine groups is 1. The lowest BCUT2D eigenvalue weighted by Gasteiger charge is -2.45. The molecule has 0 saturated heterocycles. The summed E-state index contributed by atoms with van der Waals surface area (Å²) in [4.78, 5) is 12.6. The van der Waals surface area contributed by atoms with Gasteiger partial charge in [0.2, 0.25) is 0 Å². The molecule has 0 fully saturated rings. The Morgan fingerprint density at radius 2 is 1.97 bits per heavy atom. The number of alkyl halides is 1. The molecule has 3 atom stereocenters. The van der Waals surface area contributed by atoms with Gasteiger partial charge in [0, 0.05) is 24.2 Å². The Kier molecular flexibility index (Phi) is 7.94. The first-order valence-electron chi connectivity index (χ1n) is 11.3. The molecule has 0 radical (unpaired) electrons. The molecule has 35 heavy (non-hydrogen) atoms. The Balaban J connectivity index is 2.12. The van der Waals surface area contributed by atoms with E-state index in [9.17, 15) is 9.18 Å². The van der Waals surface area contributed by atoms with Crippen LogP contribution >= 0.6 is 0 Å². The van der Waals surface area contributed by atoms with Gasteiger partial charge < -0.3 is 5.11 Å². The van der Waals surface area contributed by atoms with Gasteiger partial charge in [0.05, 0.1) is 24.1 Å². The van der Waals surface area contributed by atoms with Crippen LogP contribution in [0.15, 0.2) is 51.7 Å². The molecule has 1 aliphatic carbocycles. The number of amidine groups is 1. The van der Waals surface area contributed by atoms with Crippen molar-refractivity contribution in [1.29, 1.82) is 0 Å². The third-order valence-electron chi connectivity index (χ3n) is 6.18. The van der Waals surface area contributed by atoms with E-state index in [0.717, 1.165) is 29.9 Å². The van der Waals surface area contributed by atoms with Crippen molar-refractivity contribution in [3.05, 3.63) is 64.3 Å². The van der Waals surface area contributed by atoms with E-state index < -0.39 is 29.3 Å². The molecule has 1 aromatic carbocycles. The average Bonchev–Trinajstić information content (AvgIpc) is 2.76. The highest BCUT2D eigenvalue weighted by atomic mass is 19.1. The van der Waals surface area contributed by atoms with Gasteiger partial charge in [-0.3, -0.25) is 10.7 Å². The van der Waals surface area contributed by atoms with E-state index in [4.69, 9.17) is 10.9 Å². The first-order valence-corrected chi connectivity index (χ1v) is 11.3. The number of azo groups is 1. The molecule has 4 N–H and O–H groups in total. The number of halogens is 3. The van der Waals surface area contributed by atoms with Gasteiger partial charge in [-0.1, -0.05) is 22.8 Å². The Morgan fingerprint density at radius 1 is 1.31 bits per heavy atom. The molecule has 0 saturated carbocycles. The van der Waals surface area contributed by atoms with Crippen LogP contribution in [-0.2, 0) is 4.79 Å². The van der Waals surface area contributed by atoms with E-state index in [1.807, 2.05) is 13.0 Å². The number of nitrogens with zero attached hydrogens (tertiary/aromatic N) is 3. The number of carbonyl (C=O) groups is 1. The molecule has 10 heteroatoms. The lowest BCUT2D eigenvalue weighted by molar-refractivity contribution is -0.473. The summed E-state index contributed by atoms with van der Waals surface area (Å²) in [5.41, 5.74) is -0.0258. The zero-order valence-corrected chi connectivity index (χ0v) is 20.2. The zero-order chi connectivity index (χ0) is 25.9. The number of carboxylic acids is 1. The number of hydrazone groups is 1. The quantitative estimate of drug-likeness (QED) is 0.142. The first kappa shape index (κ1) is 26.3. The van der Waals surface area contributed by atoms with Crippen molar-refractivity contribution in [2.75, 3.05) is 13.6 Å². The van der Waals surface area contributed by atoms with Crippen LogP contribution in [0, 0.1) is 17.6 Å². The van der Waals surface area contributed by atoms with Crippen LogP contribution in [0.3, 0.4) is 0 Å². The summed E-state index contributed by atoms with van der Waals surface area (Å²) >= 11 is 0. The Hall–Kier alpha value is -3.27. The summed E-state index contributed by atoms with van der Waals surface area (Å²) in [6.07, 6.45) is 6.71. The van der Waals surface area contributed by atoms with Crippen molar-refractivity contribution in [3.63, 3.8) is 0 Å². The Labute approximate surface area is 202 Å². The maximum Gasteiger partial charge on any atom is 0.348 e. The number of benzene rings is 1. The number of aliphatic carboxylic acids is 1. The topological polar surface area (TPSA) is 105 Å². The average molecular weight is 491 g/mol. The van der Waals surface area contributed by atoms with E-state index in [1.165, 1.54) is 20.9 Å². The molecule has 1 heterocycles. The van der Waals surface area contributed by atoms with Crippen molar-refractivity contribution in [2.24, 2.45) is 22.0 Å². The second-order valence-corrected chi connectivity index (χ2v) is 9.47. The predicted molar refractivity (Wildman–Crippen MR) is 127 cm³/mol. The van der Waals surface area contributed by atoms with Gasteiger partial charge in [-0.05, 0) is 63.0 Å².